The number of hydrogen-bond donors (Lipinski definition) is 0. The van der Waals surface area contributed by atoms with Gasteiger partial charge >= 0.3 is 0 Å². The molecule has 5 heteroatoms. The molecule has 0 amide bonds. The summed E-state index contributed by atoms with van der Waals surface area (Å²) < 4.78 is 20.9. The van der Waals surface area contributed by atoms with Gasteiger partial charge in [0.05, 0.1) is 46.2 Å². The SMILES string of the molecule is CCOCCOCCOCCOCCBr. The van der Waals surface area contributed by atoms with Crippen molar-refractivity contribution in [2.24, 2.45) is 0 Å². The van der Waals surface area contributed by atoms with Crippen molar-refractivity contribution in [2.45, 2.75) is 6.92 Å². The maximum atomic E-state index is 5.28. The molecule has 0 aromatic carbocycles. The van der Waals surface area contributed by atoms with Gasteiger partial charge in [-0.2, -0.15) is 0 Å². The highest BCUT2D eigenvalue weighted by atomic mass is 79.9. The Balaban J connectivity index is 2.81. The lowest BCUT2D eigenvalue weighted by molar-refractivity contribution is 0.00126. The van der Waals surface area contributed by atoms with Crippen LogP contribution in [0.25, 0.3) is 0 Å². The molecule has 0 radical (unpaired) electrons. The van der Waals surface area contributed by atoms with E-state index in [1.54, 1.807) is 0 Å². The van der Waals surface area contributed by atoms with Crippen molar-refractivity contribution in [1.29, 1.82) is 0 Å². The molecule has 92 valence electrons. The van der Waals surface area contributed by atoms with E-state index < -0.39 is 0 Å². The first-order chi connectivity index (χ1) is 7.41. The molecule has 0 aromatic heterocycles. The lowest BCUT2D eigenvalue weighted by atomic mass is 10.7. The molecule has 0 rings (SSSR count). The van der Waals surface area contributed by atoms with Gasteiger partial charge < -0.3 is 18.9 Å². The fraction of sp³-hybridized carbons (Fsp3) is 1.00. The third-order valence-corrected chi connectivity index (χ3v) is 1.87. The molecule has 15 heavy (non-hydrogen) atoms. The summed E-state index contributed by atoms with van der Waals surface area (Å²) in [5.74, 6) is 0. The Morgan fingerprint density at radius 2 is 1.07 bits per heavy atom. The van der Waals surface area contributed by atoms with Gasteiger partial charge in [-0.1, -0.05) is 15.9 Å². The van der Waals surface area contributed by atoms with Crippen LogP contribution in [0.2, 0.25) is 0 Å². The van der Waals surface area contributed by atoms with E-state index in [1.807, 2.05) is 6.92 Å². The molecule has 0 spiro atoms. The lowest BCUT2D eigenvalue weighted by Gasteiger charge is -2.06. The van der Waals surface area contributed by atoms with E-state index >= 15 is 0 Å². The summed E-state index contributed by atoms with van der Waals surface area (Å²) in [6.45, 7) is 7.23. The van der Waals surface area contributed by atoms with E-state index in [0.29, 0.717) is 39.6 Å². The van der Waals surface area contributed by atoms with Crippen LogP contribution >= 0.6 is 15.9 Å². The first-order valence-corrected chi connectivity index (χ1v) is 6.41. The summed E-state index contributed by atoms with van der Waals surface area (Å²) in [4.78, 5) is 0. The summed E-state index contributed by atoms with van der Waals surface area (Å²) in [5, 5.41) is 0.869. The molecule has 0 aliphatic rings. The molecule has 0 aromatic rings. The van der Waals surface area contributed by atoms with Gasteiger partial charge in [0.2, 0.25) is 0 Å². The lowest BCUT2D eigenvalue weighted by Crippen LogP contribution is -2.12. The maximum absolute atomic E-state index is 5.28. The Hall–Kier alpha value is 0.320. The highest BCUT2D eigenvalue weighted by Gasteiger charge is 1.91. The zero-order valence-electron chi connectivity index (χ0n) is 9.37. The van der Waals surface area contributed by atoms with Crippen molar-refractivity contribution in [3.63, 3.8) is 0 Å². The predicted molar refractivity (Wildman–Crippen MR) is 62.7 cm³/mol. The van der Waals surface area contributed by atoms with E-state index in [0.717, 1.165) is 18.5 Å². The third kappa shape index (κ3) is 14.3. The molecule has 0 bridgehead atoms. The van der Waals surface area contributed by atoms with E-state index in [1.165, 1.54) is 0 Å². The molecule has 0 fully saturated rings. The zero-order chi connectivity index (χ0) is 11.2. The van der Waals surface area contributed by atoms with Gasteiger partial charge in [0, 0.05) is 11.9 Å². The van der Waals surface area contributed by atoms with Gasteiger partial charge in [-0.15, -0.1) is 0 Å². The Kier molecular flexibility index (Phi) is 14.6. The second-order valence-corrected chi connectivity index (χ2v) is 3.52. The van der Waals surface area contributed by atoms with Crippen molar-refractivity contribution in [2.75, 3.05) is 58.2 Å². The Labute approximate surface area is 100 Å². The summed E-state index contributed by atoms with van der Waals surface area (Å²) in [6.07, 6.45) is 0. The first kappa shape index (κ1) is 15.3. The number of rotatable bonds is 12. The van der Waals surface area contributed by atoms with Gasteiger partial charge in [0.1, 0.15) is 0 Å². The summed E-state index contributed by atoms with van der Waals surface area (Å²) in [6, 6.07) is 0. The molecule has 0 aliphatic carbocycles. The highest BCUT2D eigenvalue weighted by molar-refractivity contribution is 9.09. The van der Waals surface area contributed by atoms with Crippen LogP contribution in [0.15, 0.2) is 0 Å². The molecule has 0 heterocycles. The van der Waals surface area contributed by atoms with Crippen LogP contribution in [0.1, 0.15) is 6.92 Å². The van der Waals surface area contributed by atoms with E-state index in [2.05, 4.69) is 15.9 Å². The molecule has 0 atom stereocenters. The van der Waals surface area contributed by atoms with Crippen molar-refractivity contribution >= 4 is 15.9 Å². The van der Waals surface area contributed by atoms with Crippen molar-refractivity contribution < 1.29 is 18.9 Å². The topological polar surface area (TPSA) is 36.9 Å². The zero-order valence-corrected chi connectivity index (χ0v) is 11.0. The molecule has 0 unspecified atom stereocenters. The smallest absolute Gasteiger partial charge is 0.0701 e. The monoisotopic (exact) mass is 284 g/mol. The quantitative estimate of drug-likeness (QED) is 0.402. The standard InChI is InChI=1S/C10H21BrO4/c1-2-12-5-6-14-9-10-15-8-7-13-4-3-11/h2-10H2,1H3. The van der Waals surface area contributed by atoms with Gasteiger partial charge in [0.25, 0.3) is 0 Å². The molecule has 0 saturated carbocycles. The summed E-state index contributed by atoms with van der Waals surface area (Å²) >= 11 is 3.28. The van der Waals surface area contributed by atoms with Gasteiger partial charge in [-0.05, 0) is 6.92 Å². The minimum absolute atomic E-state index is 0.615. The van der Waals surface area contributed by atoms with Crippen LogP contribution in [0.3, 0.4) is 0 Å². The highest BCUT2D eigenvalue weighted by Crippen LogP contribution is 1.84. The Morgan fingerprint density at radius 3 is 1.47 bits per heavy atom. The van der Waals surface area contributed by atoms with E-state index in [4.69, 9.17) is 18.9 Å². The first-order valence-electron chi connectivity index (χ1n) is 5.28. The third-order valence-electron chi connectivity index (χ3n) is 1.54. The number of hydrogen-bond acceptors (Lipinski definition) is 4. The largest absolute Gasteiger partial charge is 0.379 e. The maximum Gasteiger partial charge on any atom is 0.0701 e. The minimum atomic E-state index is 0.615. The van der Waals surface area contributed by atoms with Crippen LogP contribution < -0.4 is 0 Å². The molecule has 4 nitrogen and oxygen atoms in total. The second kappa shape index (κ2) is 14.3. The summed E-state index contributed by atoms with van der Waals surface area (Å²) in [5.41, 5.74) is 0. The van der Waals surface area contributed by atoms with Gasteiger partial charge in [0.15, 0.2) is 0 Å². The van der Waals surface area contributed by atoms with Crippen LogP contribution in [-0.4, -0.2) is 58.2 Å². The van der Waals surface area contributed by atoms with Crippen molar-refractivity contribution in [3.8, 4) is 0 Å². The summed E-state index contributed by atoms with van der Waals surface area (Å²) in [7, 11) is 0. The number of ether oxygens (including phenoxy) is 4. The van der Waals surface area contributed by atoms with Crippen LogP contribution in [0.4, 0.5) is 0 Å². The average Bonchev–Trinajstić information content (AvgIpc) is 2.26. The number of alkyl halides is 1. The van der Waals surface area contributed by atoms with Gasteiger partial charge in [-0.3, -0.25) is 0 Å². The van der Waals surface area contributed by atoms with Crippen LogP contribution in [0.5, 0.6) is 0 Å². The molecular formula is C10H21BrO4. The van der Waals surface area contributed by atoms with Crippen molar-refractivity contribution in [1.82, 2.24) is 0 Å². The Morgan fingerprint density at radius 1 is 0.667 bits per heavy atom. The van der Waals surface area contributed by atoms with Crippen molar-refractivity contribution in [3.05, 3.63) is 0 Å². The van der Waals surface area contributed by atoms with Gasteiger partial charge in [-0.25, -0.2) is 0 Å². The number of halogens is 1. The van der Waals surface area contributed by atoms with Crippen LogP contribution in [0, 0.1) is 0 Å². The molecular weight excluding hydrogens is 264 g/mol. The van der Waals surface area contributed by atoms with E-state index in [-0.39, 0.29) is 0 Å². The second-order valence-electron chi connectivity index (χ2n) is 2.72. The fourth-order valence-corrected chi connectivity index (χ4v) is 1.09. The minimum Gasteiger partial charge on any atom is -0.379 e. The Bertz CT molecular complexity index is 102. The predicted octanol–water partition coefficient (Wildman–Crippen LogP) is 1.47. The molecule has 0 saturated heterocycles. The van der Waals surface area contributed by atoms with Crippen LogP contribution in [-0.2, 0) is 18.9 Å². The molecule has 0 N–H and O–H groups in total. The van der Waals surface area contributed by atoms with E-state index in [9.17, 15) is 0 Å². The average molecular weight is 285 g/mol. The molecule has 0 aliphatic heterocycles. The normalized spacial score (nSPS) is 10.8. The fourth-order valence-electron chi connectivity index (χ4n) is 0.859.